The molecule has 0 aliphatic carbocycles. The van der Waals surface area contributed by atoms with E-state index in [1.807, 2.05) is 6.92 Å². The van der Waals surface area contributed by atoms with Crippen LogP contribution in [0.3, 0.4) is 0 Å². The van der Waals surface area contributed by atoms with Crippen LogP contribution in [0.5, 0.6) is 0 Å². The predicted octanol–water partition coefficient (Wildman–Crippen LogP) is -0.921. The zero-order valence-corrected chi connectivity index (χ0v) is 11.7. The second kappa shape index (κ2) is 6.33. The molecular formula is C12H19N3O4. The van der Waals surface area contributed by atoms with Gasteiger partial charge in [-0.15, -0.1) is 0 Å². The van der Waals surface area contributed by atoms with Crippen molar-refractivity contribution in [3.63, 3.8) is 0 Å². The lowest BCUT2D eigenvalue weighted by atomic mass is 10.3. The molecular weight excluding hydrogens is 250 g/mol. The third-order valence-corrected chi connectivity index (χ3v) is 3.04. The number of hydrogen-bond acceptors (Lipinski definition) is 5. The SMILES string of the molecule is CCN(CC(=O)OC)Cc1cc(=O)n(C)c(=O)n1C. The maximum absolute atomic E-state index is 11.8. The molecule has 0 bridgehead atoms. The van der Waals surface area contributed by atoms with Crippen LogP contribution in [0.15, 0.2) is 15.7 Å². The highest BCUT2D eigenvalue weighted by Gasteiger charge is 2.13. The summed E-state index contributed by atoms with van der Waals surface area (Å²) < 4.78 is 7.05. The quantitative estimate of drug-likeness (QED) is 0.646. The number of nitrogens with zero attached hydrogens (tertiary/aromatic N) is 3. The highest BCUT2D eigenvalue weighted by molar-refractivity contribution is 5.71. The molecule has 0 amide bonds. The minimum Gasteiger partial charge on any atom is -0.468 e. The van der Waals surface area contributed by atoms with E-state index in [4.69, 9.17) is 0 Å². The van der Waals surface area contributed by atoms with E-state index < -0.39 is 0 Å². The van der Waals surface area contributed by atoms with Crippen molar-refractivity contribution in [3.05, 3.63) is 32.6 Å². The molecule has 19 heavy (non-hydrogen) atoms. The molecule has 0 N–H and O–H groups in total. The zero-order chi connectivity index (χ0) is 14.6. The molecule has 7 nitrogen and oxygen atoms in total. The first-order chi connectivity index (χ1) is 8.90. The summed E-state index contributed by atoms with van der Waals surface area (Å²) in [7, 11) is 4.35. The molecule has 1 heterocycles. The Morgan fingerprint density at radius 3 is 2.47 bits per heavy atom. The second-order valence-electron chi connectivity index (χ2n) is 4.25. The van der Waals surface area contributed by atoms with E-state index in [2.05, 4.69) is 4.74 Å². The van der Waals surface area contributed by atoms with Crippen LogP contribution >= 0.6 is 0 Å². The topological polar surface area (TPSA) is 73.5 Å². The van der Waals surface area contributed by atoms with Crippen LogP contribution in [0.4, 0.5) is 0 Å². The van der Waals surface area contributed by atoms with Crippen LogP contribution < -0.4 is 11.2 Å². The number of ether oxygens (including phenoxy) is 1. The summed E-state index contributed by atoms with van der Waals surface area (Å²) in [6, 6.07) is 1.40. The summed E-state index contributed by atoms with van der Waals surface area (Å²) in [5, 5.41) is 0. The van der Waals surface area contributed by atoms with Crippen LogP contribution in [0.2, 0.25) is 0 Å². The van der Waals surface area contributed by atoms with Crippen LogP contribution in [0.1, 0.15) is 12.6 Å². The third-order valence-electron chi connectivity index (χ3n) is 3.04. The van der Waals surface area contributed by atoms with Crippen molar-refractivity contribution in [1.82, 2.24) is 14.0 Å². The van der Waals surface area contributed by atoms with Crippen molar-refractivity contribution in [3.8, 4) is 0 Å². The summed E-state index contributed by atoms with van der Waals surface area (Å²) >= 11 is 0. The molecule has 7 heteroatoms. The summed E-state index contributed by atoms with van der Waals surface area (Å²) in [4.78, 5) is 36.4. The third kappa shape index (κ3) is 3.54. The lowest BCUT2D eigenvalue weighted by molar-refractivity contribution is -0.142. The smallest absolute Gasteiger partial charge is 0.330 e. The molecule has 0 unspecified atom stereocenters. The Morgan fingerprint density at radius 2 is 1.95 bits per heavy atom. The fourth-order valence-electron chi connectivity index (χ4n) is 1.69. The van der Waals surface area contributed by atoms with Gasteiger partial charge in [-0.2, -0.15) is 0 Å². The van der Waals surface area contributed by atoms with Gasteiger partial charge in [-0.25, -0.2) is 4.79 Å². The van der Waals surface area contributed by atoms with E-state index in [1.54, 1.807) is 11.9 Å². The van der Waals surface area contributed by atoms with Crippen LogP contribution in [-0.2, 0) is 30.2 Å². The van der Waals surface area contributed by atoms with Gasteiger partial charge in [0.05, 0.1) is 13.7 Å². The van der Waals surface area contributed by atoms with Crippen molar-refractivity contribution in [2.75, 3.05) is 20.2 Å². The van der Waals surface area contributed by atoms with E-state index in [0.717, 1.165) is 4.57 Å². The molecule has 106 valence electrons. The molecule has 0 spiro atoms. The number of esters is 1. The van der Waals surface area contributed by atoms with Gasteiger partial charge < -0.3 is 4.74 Å². The monoisotopic (exact) mass is 269 g/mol. The van der Waals surface area contributed by atoms with Gasteiger partial charge in [-0.1, -0.05) is 6.92 Å². The highest BCUT2D eigenvalue weighted by Crippen LogP contribution is 2.00. The summed E-state index contributed by atoms with van der Waals surface area (Å²) in [6.07, 6.45) is 0. The molecule has 1 rings (SSSR count). The Morgan fingerprint density at radius 1 is 1.32 bits per heavy atom. The Hall–Kier alpha value is -1.89. The van der Waals surface area contributed by atoms with Crippen molar-refractivity contribution in [2.24, 2.45) is 14.1 Å². The van der Waals surface area contributed by atoms with E-state index in [9.17, 15) is 14.4 Å². The minimum absolute atomic E-state index is 0.121. The zero-order valence-electron chi connectivity index (χ0n) is 11.7. The van der Waals surface area contributed by atoms with Crippen LogP contribution in [-0.4, -0.2) is 40.2 Å². The number of carbonyl (C=O) groups excluding carboxylic acids is 1. The lowest BCUT2D eigenvalue weighted by Gasteiger charge is -2.20. The molecule has 0 aromatic carbocycles. The Labute approximate surface area is 111 Å². The molecule has 0 aliphatic rings. The fraction of sp³-hybridized carbons (Fsp3) is 0.583. The number of rotatable bonds is 5. The predicted molar refractivity (Wildman–Crippen MR) is 69.9 cm³/mol. The first kappa shape index (κ1) is 15.2. The normalized spacial score (nSPS) is 10.8. The number of hydrogen-bond donors (Lipinski definition) is 0. The van der Waals surface area contributed by atoms with Crippen molar-refractivity contribution >= 4 is 5.97 Å². The Balaban J connectivity index is 3.01. The van der Waals surface area contributed by atoms with Crippen molar-refractivity contribution < 1.29 is 9.53 Å². The Kier molecular flexibility index (Phi) is 5.05. The van der Waals surface area contributed by atoms with Gasteiger partial charge in [0.1, 0.15) is 0 Å². The number of carbonyl (C=O) groups is 1. The lowest BCUT2D eigenvalue weighted by Crippen LogP contribution is -2.40. The number of likely N-dealkylation sites (N-methyl/N-ethyl adjacent to an activating group) is 1. The molecule has 0 atom stereocenters. The van der Waals surface area contributed by atoms with Gasteiger partial charge in [0.25, 0.3) is 5.56 Å². The van der Waals surface area contributed by atoms with E-state index in [-0.39, 0.29) is 23.8 Å². The largest absolute Gasteiger partial charge is 0.468 e. The molecule has 1 aromatic heterocycles. The van der Waals surface area contributed by atoms with Gasteiger partial charge in [-0.05, 0) is 6.54 Å². The van der Waals surface area contributed by atoms with Crippen molar-refractivity contribution in [1.29, 1.82) is 0 Å². The van der Waals surface area contributed by atoms with Gasteiger partial charge in [0, 0.05) is 32.4 Å². The fourth-order valence-corrected chi connectivity index (χ4v) is 1.69. The first-order valence-electron chi connectivity index (χ1n) is 5.95. The number of methoxy groups -OCH3 is 1. The summed E-state index contributed by atoms with van der Waals surface area (Å²) in [5.74, 6) is -0.351. The molecule has 0 aliphatic heterocycles. The average Bonchev–Trinajstić information content (AvgIpc) is 2.41. The van der Waals surface area contributed by atoms with Gasteiger partial charge >= 0.3 is 11.7 Å². The van der Waals surface area contributed by atoms with Crippen molar-refractivity contribution in [2.45, 2.75) is 13.5 Å². The molecule has 0 fully saturated rings. The van der Waals surface area contributed by atoms with Crippen LogP contribution in [0.25, 0.3) is 0 Å². The van der Waals surface area contributed by atoms with Gasteiger partial charge in [-0.3, -0.25) is 23.6 Å². The average molecular weight is 269 g/mol. The van der Waals surface area contributed by atoms with E-state index >= 15 is 0 Å². The first-order valence-corrected chi connectivity index (χ1v) is 5.95. The maximum Gasteiger partial charge on any atom is 0.330 e. The minimum atomic E-state index is -0.378. The standard InChI is InChI=1S/C12H19N3O4/c1-5-15(8-11(17)19-4)7-9-6-10(16)14(3)12(18)13(9)2/h6H,5,7-8H2,1-4H3. The molecule has 0 saturated heterocycles. The second-order valence-corrected chi connectivity index (χ2v) is 4.25. The summed E-state index contributed by atoms with van der Waals surface area (Å²) in [5.41, 5.74) is -0.164. The Bertz CT molecular complexity index is 573. The van der Waals surface area contributed by atoms with E-state index in [0.29, 0.717) is 18.8 Å². The number of aromatic nitrogens is 2. The summed E-state index contributed by atoms with van der Waals surface area (Å²) in [6.45, 7) is 2.96. The van der Waals surface area contributed by atoms with E-state index in [1.165, 1.54) is 24.8 Å². The van der Waals surface area contributed by atoms with Crippen LogP contribution in [0, 0.1) is 0 Å². The maximum atomic E-state index is 11.8. The highest BCUT2D eigenvalue weighted by atomic mass is 16.5. The van der Waals surface area contributed by atoms with Gasteiger partial charge in [0.2, 0.25) is 0 Å². The van der Waals surface area contributed by atoms with Gasteiger partial charge in [0.15, 0.2) is 0 Å². The molecule has 1 aromatic rings. The molecule has 0 radical (unpaired) electrons. The molecule has 0 saturated carbocycles.